The zero-order chi connectivity index (χ0) is 15.4. The molecule has 1 unspecified atom stereocenters. The van der Waals surface area contributed by atoms with Gasteiger partial charge in [0.2, 0.25) is 5.91 Å². The average molecular weight is 302 g/mol. The molecule has 0 radical (unpaired) electrons. The lowest BCUT2D eigenvalue weighted by molar-refractivity contribution is -0.135. The zero-order valence-electron chi connectivity index (χ0n) is 12.7. The van der Waals surface area contributed by atoms with Crippen molar-refractivity contribution in [1.29, 1.82) is 0 Å². The Hall–Kier alpha value is -2.04. The maximum Gasteiger partial charge on any atom is 0.289 e. The van der Waals surface area contributed by atoms with Crippen LogP contribution in [0.4, 0.5) is 0 Å². The first-order valence-electron chi connectivity index (χ1n) is 8.02. The first-order chi connectivity index (χ1) is 10.8. The quantitative estimate of drug-likeness (QED) is 0.788. The third-order valence-electron chi connectivity index (χ3n) is 4.45. The Kier molecular flexibility index (Phi) is 4.61. The van der Waals surface area contributed by atoms with Crippen LogP contribution in [0.15, 0.2) is 35.0 Å². The maximum absolute atomic E-state index is 12.6. The van der Waals surface area contributed by atoms with E-state index in [4.69, 9.17) is 4.42 Å². The molecule has 1 aliphatic heterocycles. The molecule has 5 heteroatoms. The third-order valence-corrected chi connectivity index (χ3v) is 4.45. The van der Waals surface area contributed by atoms with Gasteiger partial charge >= 0.3 is 0 Å². The lowest BCUT2D eigenvalue weighted by Gasteiger charge is -2.27. The number of furan rings is 1. The molecule has 22 heavy (non-hydrogen) atoms. The highest BCUT2D eigenvalue weighted by Gasteiger charge is 2.28. The molecular formula is C17H22N2O3. The largest absolute Gasteiger partial charge is 0.459 e. The van der Waals surface area contributed by atoms with Gasteiger partial charge in [0.05, 0.1) is 6.26 Å². The maximum atomic E-state index is 12.6. The monoisotopic (exact) mass is 302 g/mol. The molecule has 0 aromatic carbocycles. The van der Waals surface area contributed by atoms with Crippen LogP contribution in [-0.2, 0) is 4.79 Å². The molecule has 118 valence electrons. The summed E-state index contributed by atoms with van der Waals surface area (Å²) >= 11 is 0. The van der Waals surface area contributed by atoms with Crippen LogP contribution in [0.25, 0.3) is 0 Å². The second-order valence-electron chi connectivity index (χ2n) is 5.93. The van der Waals surface area contributed by atoms with Crippen LogP contribution in [0.2, 0.25) is 0 Å². The Morgan fingerprint density at radius 3 is 2.64 bits per heavy atom. The Labute approximate surface area is 130 Å². The highest BCUT2D eigenvalue weighted by molar-refractivity contribution is 5.91. The van der Waals surface area contributed by atoms with Crippen molar-refractivity contribution in [3.8, 4) is 0 Å². The van der Waals surface area contributed by atoms with Gasteiger partial charge in [0.25, 0.3) is 5.91 Å². The van der Waals surface area contributed by atoms with Gasteiger partial charge in [-0.3, -0.25) is 9.59 Å². The summed E-state index contributed by atoms with van der Waals surface area (Å²) in [6, 6.07) is 3.40. The van der Waals surface area contributed by atoms with E-state index in [1.807, 2.05) is 4.90 Å². The summed E-state index contributed by atoms with van der Waals surface area (Å²) in [6.07, 6.45) is 9.38. The van der Waals surface area contributed by atoms with Gasteiger partial charge < -0.3 is 14.2 Å². The van der Waals surface area contributed by atoms with Crippen molar-refractivity contribution in [2.45, 2.75) is 25.7 Å². The summed E-state index contributed by atoms with van der Waals surface area (Å²) < 4.78 is 5.18. The van der Waals surface area contributed by atoms with Crippen molar-refractivity contribution in [3.63, 3.8) is 0 Å². The van der Waals surface area contributed by atoms with Crippen molar-refractivity contribution in [2.75, 3.05) is 26.2 Å². The predicted molar refractivity (Wildman–Crippen MR) is 82.3 cm³/mol. The van der Waals surface area contributed by atoms with Crippen molar-refractivity contribution < 1.29 is 14.0 Å². The topological polar surface area (TPSA) is 53.8 Å². The Morgan fingerprint density at radius 1 is 1.09 bits per heavy atom. The van der Waals surface area contributed by atoms with Gasteiger partial charge in [-0.05, 0) is 37.8 Å². The third kappa shape index (κ3) is 3.24. The second-order valence-corrected chi connectivity index (χ2v) is 5.93. The zero-order valence-corrected chi connectivity index (χ0v) is 12.7. The lowest BCUT2D eigenvalue weighted by Crippen LogP contribution is -2.40. The summed E-state index contributed by atoms with van der Waals surface area (Å²) in [4.78, 5) is 28.6. The van der Waals surface area contributed by atoms with Gasteiger partial charge in [0, 0.05) is 32.1 Å². The Bertz CT molecular complexity index is 550. The molecule has 2 heterocycles. The molecule has 3 rings (SSSR count). The molecular weight excluding hydrogens is 280 g/mol. The molecule has 1 atom stereocenters. The lowest BCUT2D eigenvalue weighted by atomic mass is 9.93. The highest BCUT2D eigenvalue weighted by Crippen LogP contribution is 2.21. The van der Waals surface area contributed by atoms with Crippen LogP contribution in [0.5, 0.6) is 0 Å². The van der Waals surface area contributed by atoms with Crippen LogP contribution in [0, 0.1) is 5.92 Å². The van der Waals surface area contributed by atoms with E-state index in [0.717, 1.165) is 32.2 Å². The molecule has 2 aliphatic rings. The van der Waals surface area contributed by atoms with Crippen LogP contribution in [-0.4, -0.2) is 47.8 Å². The first kappa shape index (κ1) is 14.9. The highest BCUT2D eigenvalue weighted by atomic mass is 16.3. The average Bonchev–Trinajstić information content (AvgIpc) is 2.99. The fourth-order valence-electron chi connectivity index (χ4n) is 3.17. The number of carbonyl (C=O) groups excluding carboxylic acids is 2. The van der Waals surface area contributed by atoms with Gasteiger partial charge in [-0.15, -0.1) is 0 Å². The van der Waals surface area contributed by atoms with Crippen molar-refractivity contribution >= 4 is 11.8 Å². The van der Waals surface area contributed by atoms with Gasteiger partial charge in [0.15, 0.2) is 5.76 Å². The summed E-state index contributed by atoms with van der Waals surface area (Å²) in [6.45, 7) is 2.61. The predicted octanol–water partition coefficient (Wildman–Crippen LogP) is 2.31. The van der Waals surface area contributed by atoms with Crippen molar-refractivity contribution in [3.05, 3.63) is 36.3 Å². The molecule has 1 aromatic heterocycles. The molecule has 2 amide bonds. The Balaban J connectivity index is 1.59. The molecule has 1 saturated heterocycles. The molecule has 0 bridgehead atoms. The smallest absolute Gasteiger partial charge is 0.289 e. The molecule has 1 fully saturated rings. The van der Waals surface area contributed by atoms with E-state index in [2.05, 4.69) is 12.2 Å². The fourth-order valence-corrected chi connectivity index (χ4v) is 3.17. The normalized spacial score (nSPS) is 22.5. The van der Waals surface area contributed by atoms with Crippen LogP contribution < -0.4 is 0 Å². The van der Waals surface area contributed by atoms with E-state index in [1.54, 1.807) is 17.0 Å². The first-order valence-corrected chi connectivity index (χ1v) is 8.02. The SMILES string of the molecule is O=C(c1ccco1)N1CCCN(C(=O)C2CC=CCC2)CC1. The standard InChI is InChI=1S/C17H22N2O3/c20-16(14-6-2-1-3-7-14)18-9-5-10-19(12-11-18)17(21)15-8-4-13-22-15/h1-2,4,8,13-14H,3,5-7,9-12H2. The summed E-state index contributed by atoms with van der Waals surface area (Å²) in [5.74, 6) is 0.658. The summed E-state index contributed by atoms with van der Waals surface area (Å²) in [5, 5.41) is 0. The number of allylic oxidation sites excluding steroid dienone is 2. The second kappa shape index (κ2) is 6.81. The number of amides is 2. The van der Waals surface area contributed by atoms with E-state index in [9.17, 15) is 9.59 Å². The van der Waals surface area contributed by atoms with Gasteiger partial charge in [0.1, 0.15) is 0 Å². The van der Waals surface area contributed by atoms with E-state index in [-0.39, 0.29) is 17.7 Å². The molecule has 1 aliphatic carbocycles. The number of carbonyl (C=O) groups is 2. The van der Waals surface area contributed by atoms with Crippen LogP contribution in [0.1, 0.15) is 36.2 Å². The fraction of sp³-hybridized carbons (Fsp3) is 0.529. The van der Waals surface area contributed by atoms with Gasteiger partial charge in [-0.1, -0.05) is 12.2 Å². The van der Waals surface area contributed by atoms with E-state index in [1.165, 1.54) is 6.26 Å². The molecule has 0 spiro atoms. The van der Waals surface area contributed by atoms with E-state index < -0.39 is 0 Å². The molecule has 5 nitrogen and oxygen atoms in total. The van der Waals surface area contributed by atoms with E-state index in [0.29, 0.717) is 25.4 Å². The minimum Gasteiger partial charge on any atom is -0.459 e. The minimum absolute atomic E-state index is 0.0834. The van der Waals surface area contributed by atoms with Gasteiger partial charge in [-0.25, -0.2) is 0 Å². The number of nitrogens with zero attached hydrogens (tertiary/aromatic N) is 2. The minimum atomic E-state index is -0.0834. The van der Waals surface area contributed by atoms with Crippen LogP contribution >= 0.6 is 0 Å². The van der Waals surface area contributed by atoms with Crippen molar-refractivity contribution in [2.24, 2.45) is 5.92 Å². The summed E-state index contributed by atoms with van der Waals surface area (Å²) in [5.41, 5.74) is 0. The molecule has 0 saturated carbocycles. The Morgan fingerprint density at radius 2 is 1.91 bits per heavy atom. The van der Waals surface area contributed by atoms with Gasteiger partial charge in [-0.2, -0.15) is 0 Å². The van der Waals surface area contributed by atoms with E-state index >= 15 is 0 Å². The molecule has 1 aromatic rings. The summed E-state index contributed by atoms with van der Waals surface area (Å²) in [7, 11) is 0. The molecule has 0 N–H and O–H groups in total. The number of rotatable bonds is 2. The number of hydrogen-bond donors (Lipinski definition) is 0. The number of hydrogen-bond acceptors (Lipinski definition) is 3. The van der Waals surface area contributed by atoms with Crippen molar-refractivity contribution in [1.82, 2.24) is 9.80 Å². The van der Waals surface area contributed by atoms with Crippen LogP contribution in [0.3, 0.4) is 0 Å².